The third-order valence-electron chi connectivity index (χ3n) is 2.24. The van der Waals surface area contributed by atoms with Crippen molar-refractivity contribution < 1.29 is 4.74 Å². The Kier molecular flexibility index (Phi) is 2.67. The first-order valence-corrected chi connectivity index (χ1v) is 4.87. The van der Waals surface area contributed by atoms with E-state index in [1.807, 2.05) is 22.9 Å². The lowest BCUT2D eigenvalue weighted by atomic mass is 10.3. The van der Waals surface area contributed by atoms with Crippen LogP contribution >= 0.6 is 0 Å². The molecular weight excluding hydrogens is 190 g/mol. The van der Waals surface area contributed by atoms with E-state index in [1.54, 1.807) is 19.5 Å². The van der Waals surface area contributed by atoms with E-state index >= 15 is 0 Å². The van der Waals surface area contributed by atoms with Gasteiger partial charge in [0.1, 0.15) is 5.82 Å². The average molecular weight is 203 g/mol. The number of aromatic nitrogens is 3. The first kappa shape index (κ1) is 9.71. The summed E-state index contributed by atoms with van der Waals surface area (Å²) in [4.78, 5) is 8.34. The number of hydrogen-bond acceptors (Lipinski definition) is 3. The molecule has 0 bridgehead atoms. The SMILES string of the molecule is CCc1nccn1-c1ccnc(OC)c1. The topological polar surface area (TPSA) is 39.9 Å². The van der Waals surface area contributed by atoms with Crippen molar-refractivity contribution in [3.8, 4) is 11.6 Å². The molecule has 2 aromatic rings. The molecule has 0 aromatic carbocycles. The van der Waals surface area contributed by atoms with Crippen LogP contribution in [0.5, 0.6) is 5.88 Å². The zero-order chi connectivity index (χ0) is 10.7. The van der Waals surface area contributed by atoms with Crippen molar-refractivity contribution >= 4 is 0 Å². The Bertz CT molecular complexity index is 451. The Morgan fingerprint density at radius 2 is 2.20 bits per heavy atom. The van der Waals surface area contributed by atoms with E-state index in [1.165, 1.54) is 0 Å². The highest BCUT2D eigenvalue weighted by atomic mass is 16.5. The quantitative estimate of drug-likeness (QED) is 0.764. The van der Waals surface area contributed by atoms with Gasteiger partial charge in [-0.1, -0.05) is 6.92 Å². The molecule has 0 aliphatic rings. The molecule has 78 valence electrons. The molecule has 2 aromatic heterocycles. The minimum Gasteiger partial charge on any atom is -0.481 e. The van der Waals surface area contributed by atoms with Crippen LogP contribution < -0.4 is 4.74 Å². The van der Waals surface area contributed by atoms with Crippen molar-refractivity contribution in [2.75, 3.05) is 7.11 Å². The van der Waals surface area contributed by atoms with Gasteiger partial charge in [-0.3, -0.25) is 0 Å². The van der Waals surface area contributed by atoms with Crippen molar-refractivity contribution in [2.45, 2.75) is 13.3 Å². The Morgan fingerprint density at radius 1 is 1.33 bits per heavy atom. The minimum absolute atomic E-state index is 0.614. The van der Waals surface area contributed by atoms with Crippen LogP contribution in [-0.2, 0) is 6.42 Å². The van der Waals surface area contributed by atoms with Gasteiger partial charge in [0, 0.05) is 31.1 Å². The molecule has 4 nitrogen and oxygen atoms in total. The maximum atomic E-state index is 5.08. The number of aryl methyl sites for hydroxylation is 1. The first-order valence-electron chi connectivity index (χ1n) is 4.87. The summed E-state index contributed by atoms with van der Waals surface area (Å²) in [7, 11) is 1.61. The van der Waals surface area contributed by atoms with Crippen molar-refractivity contribution in [3.63, 3.8) is 0 Å². The second kappa shape index (κ2) is 4.13. The van der Waals surface area contributed by atoms with E-state index in [4.69, 9.17) is 4.74 Å². The third kappa shape index (κ3) is 1.83. The summed E-state index contributed by atoms with van der Waals surface area (Å²) in [6.45, 7) is 2.08. The number of pyridine rings is 1. The van der Waals surface area contributed by atoms with Crippen LogP contribution in [0.1, 0.15) is 12.7 Å². The lowest BCUT2D eigenvalue weighted by Crippen LogP contribution is -1.99. The number of imidazole rings is 1. The Morgan fingerprint density at radius 3 is 2.93 bits per heavy atom. The first-order chi connectivity index (χ1) is 7.35. The van der Waals surface area contributed by atoms with Gasteiger partial charge < -0.3 is 9.30 Å². The molecule has 0 aliphatic heterocycles. The largest absolute Gasteiger partial charge is 0.481 e. The normalized spacial score (nSPS) is 10.3. The zero-order valence-electron chi connectivity index (χ0n) is 8.84. The Balaban J connectivity index is 2.44. The molecule has 0 N–H and O–H groups in total. The molecule has 0 fully saturated rings. The fourth-order valence-electron chi connectivity index (χ4n) is 1.49. The highest BCUT2D eigenvalue weighted by Crippen LogP contribution is 2.15. The van der Waals surface area contributed by atoms with Crippen LogP contribution in [0.3, 0.4) is 0 Å². The highest BCUT2D eigenvalue weighted by molar-refractivity contribution is 5.35. The number of nitrogens with zero attached hydrogens (tertiary/aromatic N) is 3. The number of ether oxygens (including phenoxy) is 1. The van der Waals surface area contributed by atoms with Gasteiger partial charge in [0.2, 0.25) is 5.88 Å². The van der Waals surface area contributed by atoms with Gasteiger partial charge in [0.25, 0.3) is 0 Å². The standard InChI is InChI=1S/C11H13N3O/c1-3-10-12-6-7-14(10)9-4-5-13-11(8-9)15-2/h4-8H,3H2,1-2H3. The van der Waals surface area contributed by atoms with Crippen molar-refractivity contribution in [2.24, 2.45) is 0 Å². The fourth-order valence-corrected chi connectivity index (χ4v) is 1.49. The van der Waals surface area contributed by atoms with Gasteiger partial charge in [-0.2, -0.15) is 0 Å². The molecule has 0 radical (unpaired) electrons. The molecule has 2 rings (SSSR count). The van der Waals surface area contributed by atoms with E-state index in [0.29, 0.717) is 5.88 Å². The Labute approximate surface area is 88.6 Å². The van der Waals surface area contributed by atoms with Crippen molar-refractivity contribution in [3.05, 3.63) is 36.5 Å². The summed E-state index contributed by atoms with van der Waals surface area (Å²) in [6.07, 6.45) is 6.37. The van der Waals surface area contributed by atoms with Crippen LogP contribution in [0.2, 0.25) is 0 Å². The summed E-state index contributed by atoms with van der Waals surface area (Å²) in [5.74, 6) is 1.64. The van der Waals surface area contributed by atoms with Gasteiger partial charge in [-0.05, 0) is 6.07 Å². The van der Waals surface area contributed by atoms with Crippen molar-refractivity contribution in [1.29, 1.82) is 0 Å². The molecular formula is C11H13N3O. The van der Waals surface area contributed by atoms with Gasteiger partial charge in [-0.25, -0.2) is 9.97 Å². The molecule has 0 spiro atoms. The molecule has 0 atom stereocenters. The maximum Gasteiger partial charge on any atom is 0.215 e. The molecule has 0 unspecified atom stereocenters. The molecule has 0 aliphatic carbocycles. The lowest BCUT2D eigenvalue weighted by molar-refractivity contribution is 0.397. The summed E-state index contributed by atoms with van der Waals surface area (Å²) in [5, 5.41) is 0. The molecule has 0 saturated heterocycles. The average Bonchev–Trinajstić information content (AvgIpc) is 2.77. The van der Waals surface area contributed by atoms with Crippen LogP contribution in [0.4, 0.5) is 0 Å². The number of hydrogen-bond donors (Lipinski definition) is 0. The number of methoxy groups -OCH3 is 1. The third-order valence-corrected chi connectivity index (χ3v) is 2.24. The van der Waals surface area contributed by atoms with Crippen LogP contribution in [0, 0.1) is 0 Å². The summed E-state index contributed by atoms with van der Waals surface area (Å²) in [6, 6.07) is 3.82. The molecule has 2 heterocycles. The molecule has 4 heteroatoms. The number of rotatable bonds is 3. The smallest absolute Gasteiger partial charge is 0.215 e. The molecule has 0 saturated carbocycles. The summed E-state index contributed by atoms with van der Waals surface area (Å²) < 4.78 is 7.11. The van der Waals surface area contributed by atoms with E-state index < -0.39 is 0 Å². The van der Waals surface area contributed by atoms with Gasteiger partial charge >= 0.3 is 0 Å². The molecule has 0 amide bonds. The van der Waals surface area contributed by atoms with E-state index in [9.17, 15) is 0 Å². The van der Waals surface area contributed by atoms with E-state index in [-0.39, 0.29) is 0 Å². The minimum atomic E-state index is 0.614. The zero-order valence-corrected chi connectivity index (χ0v) is 8.84. The second-order valence-electron chi connectivity index (χ2n) is 3.12. The molecule has 15 heavy (non-hydrogen) atoms. The van der Waals surface area contributed by atoms with Gasteiger partial charge in [0.15, 0.2) is 0 Å². The summed E-state index contributed by atoms with van der Waals surface area (Å²) >= 11 is 0. The van der Waals surface area contributed by atoms with Gasteiger partial charge in [-0.15, -0.1) is 0 Å². The lowest BCUT2D eigenvalue weighted by Gasteiger charge is -2.07. The van der Waals surface area contributed by atoms with Crippen molar-refractivity contribution in [1.82, 2.24) is 14.5 Å². The maximum absolute atomic E-state index is 5.08. The highest BCUT2D eigenvalue weighted by Gasteiger charge is 2.03. The van der Waals surface area contributed by atoms with Crippen LogP contribution in [0.25, 0.3) is 5.69 Å². The van der Waals surface area contributed by atoms with Gasteiger partial charge in [0.05, 0.1) is 12.8 Å². The second-order valence-corrected chi connectivity index (χ2v) is 3.12. The van der Waals surface area contributed by atoms with E-state index in [2.05, 4.69) is 16.9 Å². The summed E-state index contributed by atoms with van der Waals surface area (Å²) in [5.41, 5.74) is 1.02. The van der Waals surface area contributed by atoms with E-state index in [0.717, 1.165) is 17.9 Å². The van der Waals surface area contributed by atoms with Crippen LogP contribution in [0.15, 0.2) is 30.7 Å². The van der Waals surface area contributed by atoms with Crippen LogP contribution in [-0.4, -0.2) is 21.6 Å². The monoisotopic (exact) mass is 203 g/mol. The predicted octanol–water partition coefficient (Wildman–Crippen LogP) is 1.84. The Hall–Kier alpha value is -1.84. The predicted molar refractivity (Wildman–Crippen MR) is 57.3 cm³/mol. The fraction of sp³-hybridized carbons (Fsp3) is 0.273.